The summed E-state index contributed by atoms with van der Waals surface area (Å²) in [4.78, 5) is 25.7. The van der Waals surface area contributed by atoms with Crippen molar-refractivity contribution in [2.75, 3.05) is 26.7 Å². The van der Waals surface area contributed by atoms with E-state index >= 15 is 0 Å². The normalized spacial score (nSPS) is 16.1. The van der Waals surface area contributed by atoms with Crippen LogP contribution in [0.3, 0.4) is 0 Å². The number of carbonyl (C=O) groups is 2. The summed E-state index contributed by atoms with van der Waals surface area (Å²) in [5, 5.41) is 5.66. The van der Waals surface area contributed by atoms with Crippen LogP contribution >= 0.6 is 24.8 Å². The Kier molecular flexibility index (Phi) is 11.4. The first-order valence-corrected chi connectivity index (χ1v) is 8.11. The summed E-state index contributed by atoms with van der Waals surface area (Å²) < 4.78 is 0. The first-order chi connectivity index (χ1) is 11.1. The number of nitrogens with zero attached hydrogens (tertiary/aromatic N) is 1. The lowest BCUT2D eigenvalue weighted by Gasteiger charge is -2.32. The van der Waals surface area contributed by atoms with Gasteiger partial charge in [-0.05, 0) is 24.8 Å². The molecule has 1 aromatic carbocycles. The van der Waals surface area contributed by atoms with Gasteiger partial charge in [0.25, 0.3) is 0 Å². The first kappa shape index (κ1) is 23.7. The Hall–Kier alpha value is -1.34. The average Bonchev–Trinajstić information content (AvgIpc) is 2.57. The molecule has 0 bridgehead atoms. The van der Waals surface area contributed by atoms with E-state index in [1.165, 1.54) is 0 Å². The van der Waals surface area contributed by atoms with Gasteiger partial charge >= 0.3 is 0 Å². The van der Waals surface area contributed by atoms with Crippen LogP contribution < -0.4 is 16.4 Å². The van der Waals surface area contributed by atoms with Crippen molar-refractivity contribution in [2.45, 2.75) is 31.3 Å². The molecule has 2 rings (SSSR count). The van der Waals surface area contributed by atoms with Crippen molar-refractivity contribution in [1.29, 1.82) is 0 Å². The number of hydrogen-bond donors (Lipinski definition) is 3. The lowest BCUT2D eigenvalue weighted by Crippen LogP contribution is -2.51. The fourth-order valence-corrected chi connectivity index (χ4v) is 2.79. The molecule has 1 aliphatic heterocycles. The molecule has 1 unspecified atom stereocenters. The van der Waals surface area contributed by atoms with Gasteiger partial charge in [0.1, 0.15) is 0 Å². The second-order valence-corrected chi connectivity index (χ2v) is 6.03. The number of nitrogens with one attached hydrogen (secondary N) is 2. The van der Waals surface area contributed by atoms with Crippen LogP contribution in [0.5, 0.6) is 0 Å². The van der Waals surface area contributed by atoms with E-state index in [0.717, 1.165) is 31.5 Å². The van der Waals surface area contributed by atoms with Gasteiger partial charge in [-0.2, -0.15) is 0 Å². The molecule has 1 atom stereocenters. The predicted molar refractivity (Wildman–Crippen MR) is 104 cm³/mol. The van der Waals surface area contributed by atoms with Gasteiger partial charge in [0.05, 0.1) is 12.6 Å². The van der Waals surface area contributed by atoms with Gasteiger partial charge in [-0.1, -0.05) is 30.3 Å². The highest BCUT2D eigenvalue weighted by Crippen LogP contribution is 2.10. The summed E-state index contributed by atoms with van der Waals surface area (Å²) in [6.45, 7) is 2.04. The topological polar surface area (TPSA) is 87.5 Å². The summed E-state index contributed by atoms with van der Waals surface area (Å²) in [6.07, 6.45) is 2.24. The minimum atomic E-state index is -0.527. The van der Waals surface area contributed by atoms with Crippen LogP contribution in [-0.2, 0) is 16.0 Å². The number of amides is 2. The molecule has 0 aliphatic carbocycles. The Balaban J connectivity index is 0.00000288. The van der Waals surface area contributed by atoms with Gasteiger partial charge in [0.15, 0.2) is 0 Å². The zero-order valence-electron chi connectivity index (χ0n) is 14.4. The Labute approximate surface area is 161 Å². The second kappa shape index (κ2) is 12.1. The first-order valence-electron chi connectivity index (χ1n) is 8.11. The third kappa shape index (κ3) is 8.05. The van der Waals surface area contributed by atoms with E-state index in [1.807, 2.05) is 30.3 Å². The van der Waals surface area contributed by atoms with Crippen LogP contribution in [0.25, 0.3) is 0 Å². The van der Waals surface area contributed by atoms with Crippen molar-refractivity contribution < 1.29 is 9.59 Å². The van der Waals surface area contributed by atoms with E-state index in [4.69, 9.17) is 5.73 Å². The fraction of sp³-hybridized carbons (Fsp3) is 0.529. The van der Waals surface area contributed by atoms with Crippen LogP contribution in [-0.4, -0.2) is 55.5 Å². The van der Waals surface area contributed by atoms with Crippen LogP contribution in [0.4, 0.5) is 0 Å². The largest absolute Gasteiger partial charge is 0.358 e. The number of nitrogens with two attached hydrogens (primary N) is 1. The van der Waals surface area contributed by atoms with E-state index in [-0.39, 0.29) is 42.7 Å². The van der Waals surface area contributed by atoms with Crippen LogP contribution in [0.2, 0.25) is 0 Å². The number of piperidine rings is 1. The number of hydrogen-bond acceptors (Lipinski definition) is 4. The maximum atomic E-state index is 12.2. The van der Waals surface area contributed by atoms with E-state index < -0.39 is 6.04 Å². The molecule has 25 heavy (non-hydrogen) atoms. The van der Waals surface area contributed by atoms with Crippen LogP contribution in [0.1, 0.15) is 18.4 Å². The van der Waals surface area contributed by atoms with Crippen molar-refractivity contribution in [3.63, 3.8) is 0 Å². The molecule has 1 fully saturated rings. The molecule has 4 N–H and O–H groups in total. The Bertz CT molecular complexity index is 523. The maximum absolute atomic E-state index is 12.2. The minimum Gasteiger partial charge on any atom is -0.358 e. The molecular formula is C17H28Cl2N4O2. The van der Waals surface area contributed by atoms with Gasteiger partial charge in [-0.3, -0.25) is 14.5 Å². The Morgan fingerprint density at radius 1 is 1.20 bits per heavy atom. The smallest absolute Gasteiger partial charge is 0.237 e. The molecule has 0 radical (unpaired) electrons. The molecule has 6 nitrogen and oxygen atoms in total. The number of benzene rings is 1. The molecular weight excluding hydrogens is 363 g/mol. The lowest BCUT2D eigenvalue weighted by molar-refractivity contribution is -0.124. The molecule has 0 spiro atoms. The highest BCUT2D eigenvalue weighted by molar-refractivity contribution is 5.85. The highest BCUT2D eigenvalue weighted by atomic mass is 35.5. The zero-order chi connectivity index (χ0) is 16.7. The molecule has 1 heterocycles. The third-order valence-corrected chi connectivity index (χ3v) is 4.22. The predicted octanol–water partition coefficient (Wildman–Crippen LogP) is 0.727. The molecule has 2 amide bonds. The zero-order valence-corrected chi connectivity index (χ0v) is 16.1. The number of carbonyl (C=O) groups excluding carboxylic acids is 2. The summed E-state index contributed by atoms with van der Waals surface area (Å²) >= 11 is 0. The molecule has 142 valence electrons. The summed E-state index contributed by atoms with van der Waals surface area (Å²) in [7, 11) is 1.64. The standard InChI is InChI=1S/C17H26N4O2.2ClH/c1-19-16(22)12-21-9-7-14(8-10-21)20-17(23)15(18)11-13-5-3-2-4-6-13;;/h2-6,14-15H,7-12,18H2,1H3,(H,19,22)(H,20,23);2*1H. The van der Waals surface area contributed by atoms with E-state index in [1.54, 1.807) is 7.05 Å². The van der Waals surface area contributed by atoms with E-state index in [2.05, 4.69) is 15.5 Å². The fourth-order valence-electron chi connectivity index (χ4n) is 2.79. The third-order valence-electron chi connectivity index (χ3n) is 4.22. The van der Waals surface area contributed by atoms with E-state index in [9.17, 15) is 9.59 Å². The van der Waals surface area contributed by atoms with Crippen LogP contribution in [0.15, 0.2) is 30.3 Å². The van der Waals surface area contributed by atoms with Crippen molar-refractivity contribution in [1.82, 2.24) is 15.5 Å². The number of halogens is 2. The van der Waals surface area contributed by atoms with Crippen molar-refractivity contribution >= 4 is 36.6 Å². The molecule has 1 aromatic rings. The van der Waals surface area contributed by atoms with Gasteiger partial charge < -0.3 is 16.4 Å². The van der Waals surface area contributed by atoms with Crippen LogP contribution in [0, 0.1) is 0 Å². The summed E-state index contributed by atoms with van der Waals surface area (Å²) in [6, 6.07) is 9.41. The second-order valence-electron chi connectivity index (χ2n) is 6.03. The number of likely N-dealkylation sites (N-methyl/N-ethyl adjacent to an activating group) is 1. The minimum absolute atomic E-state index is 0. The molecule has 1 saturated heterocycles. The lowest BCUT2D eigenvalue weighted by atomic mass is 10.0. The number of rotatable bonds is 6. The Morgan fingerprint density at radius 2 is 1.80 bits per heavy atom. The monoisotopic (exact) mass is 390 g/mol. The molecule has 0 saturated carbocycles. The van der Waals surface area contributed by atoms with Gasteiger partial charge in [0, 0.05) is 26.2 Å². The van der Waals surface area contributed by atoms with Crippen molar-refractivity contribution in [3.8, 4) is 0 Å². The average molecular weight is 391 g/mol. The van der Waals surface area contributed by atoms with Gasteiger partial charge in [-0.15, -0.1) is 24.8 Å². The van der Waals surface area contributed by atoms with Gasteiger partial charge in [-0.25, -0.2) is 0 Å². The van der Waals surface area contributed by atoms with E-state index in [0.29, 0.717) is 13.0 Å². The highest BCUT2D eigenvalue weighted by Gasteiger charge is 2.23. The molecule has 8 heteroatoms. The molecule has 1 aliphatic rings. The molecule has 0 aromatic heterocycles. The quantitative estimate of drug-likeness (QED) is 0.667. The summed E-state index contributed by atoms with van der Waals surface area (Å²) in [5.41, 5.74) is 7.07. The maximum Gasteiger partial charge on any atom is 0.237 e. The van der Waals surface area contributed by atoms with Crippen molar-refractivity contribution in [2.24, 2.45) is 5.73 Å². The van der Waals surface area contributed by atoms with Crippen molar-refractivity contribution in [3.05, 3.63) is 35.9 Å². The Morgan fingerprint density at radius 3 is 2.36 bits per heavy atom. The number of likely N-dealkylation sites (tertiary alicyclic amines) is 1. The van der Waals surface area contributed by atoms with Gasteiger partial charge in [0.2, 0.25) is 11.8 Å². The summed E-state index contributed by atoms with van der Waals surface area (Å²) in [5.74, 6) is -0.0732. The SMILES string of the molecule is CNC(=O)CN1CCC(NC(=O)C(N)Cc2ccccc2)CC1.Cl.Cl.